The molecule has 1 aliphatic rings. The first-order chi connectivity index (χ1) is 5.13. The first kappa shape index (κ1) is 8.04. The molecule has 0 aliphatic heterocycles. The molecule has 11 heavy (non-hydrogen) atoms. The normalized spacial score (nSPS) is 30.2. The van der Waals surface area contributed by atoms with E-state index in [4.69, 9.17) is 10.8 Å². The number of aliphatic carboxylic acids is 1. The molecule has 1 amide bonds. The number of nitrogens with one attached hydrogen (secondary N) is 1. The molecule has 1 saturated carbocycles. The maximum absolute atomic E-state index is 10.6. The predicted octanol–water partition coefficient (Wildman–Crippen LogP) is 0.297. The number of carboxylic acids is 1. The van der Waals surface area contributed by atoms with Crippen LogP contribution in [0.3, 0.4) is 0 Å². The summed E-state index contributed by atoms with van der Waals surface area (Å²) >= 11 is 0. The van der Waals surface area contributed by atoms with E-state index in [1.807, 2.05) is 0 Å². The Labute approximate surface area is 64.4 Å². The van der Waals surface area contributed by atoms with Crippen LogP contribution in [0.5, 0.6) is 0 Å². The minimum atomic E-state index is -0.937. The van der Waals surface area contributed by atoms with Crippen molar-refractivity contribution in [2.45, 2.75) is 19.3 Å². The molecule has 4 heteroatoms. The zero-order chi connectivity index (χ0) is 8.43. The van der Waals surface area contributed by atoms with E-state index in [1.165, 1.54) is 0 Å². The summed E-state index contributed by atoms with van der Waals surface area (Å²) in [5.74, 6) is -2.81. The van der Waals surface area contributed by atoms with Gasteiger partial charge in [0.1, 0.15) is 0 Å². The van der Waals surface area contributed by atoms with Gasteiger partial charge < -0.3 is 5.11 Å². The number of carbonyl (C=O) groups is 2. The topological polar surface area (TPSA) is 78.2 Å². The lowest BCUT2D eigenvalue weighted by Gasteiger charge is -2.09. The van der Waals surface area contributed by atoms with Gasteiger partial charge in [0.2, 0.25) is 5.91 Å². The van der Waals surface area contributed by atoms with Crippen LogP contribution in [-0.4, -0.2) is 17.0 Å². The van der Waals surface area contributed by atoms with E-state index in [1.54, 1.807) is 0 Å². The zero-order valence-electron chi connectivity index (χ0n) is 6.04. The van der Waals surface area contributed by atoms with Gasteiger partial charge in [-0.05, 0) is 12.8 Å². The summed E-state index contributed by atoms with van der Waals surface area (Å²) in [6.45, 7) is 0. The summed E-state index contributed by atoms with van der Waals surface area (Å²) in [7, 11) is 0. The Morgan fingerprint density at radius 1 is 1.27 bits per heavy atom. The molecule has 1 fully saturated rings. The molecule has 0 spiro atoms. The van der Waals surface area contributed by atoms with Crippen molar-refractivity contribution in [1.82, 2.24) is 5.73 Å². The van der Waals surface area contributed by atoms with Gasteiger partial charge in [-0.2, -0.15) is 0 Å². The van der Waals surface area contributed by atoms with Crippen molar-refractivity contribution in [1.29, 1.82) is 0 Å². The highest BCUT2D eigenvalue weighted by atomic mass is 16.4. The van der Waals surface area contributed by atoms with Gasteiger partial charge in [-0.15, -0.1) is 0 Å². The number of rotatable bonds is 2. The molecule has 1 aliphatic carbocycles. The summed E-state index contributed by atoms with van der Waals surface area (Å²) in [6, 6.07) is 0. The number of carbonyl (C=O) groups excluding carboxylic acids is 1. The second kappa shape index (κ2) is 2.90. The molecule has 0 aromatic heterocycles. The van der Waals surface area contributed by atoms with Crippen LogP contribution in [0, 0.1) is 11.8 Å². The zero-order valence-corrected chi connectivity index (χ0v) is 6.04. The van der Waals surface area contributed by atoms with Crippen molar-refractivity contribution in [3.63, 3.8) is 0 Å². The van der Waals surface area contributed by atoms with Crippen LogP contribution in [-0.2, 0) is 9.59 Å². The van der Waals surface area contributed by atoms with Crippen LogP contribution in [0.1, 0.15) is 19.3 Å². The summed E-state index contributed by atoms with van der Waals surface area (Å²) < 4.78 is 0. The standard InChI is InChI=1S/C7H10NO3/c8-6(9)4-2-1-3-5(4)7(10)11/h4-5,8H,1-3H2,(H,10,11). The second-order valence-electron chi connectivity index (χ2n) is 2.85. The van der Waals surface area contributed by atoms with Crippen LogP contribution in [0.4, 0.5) is 0 Å². The van der Waals surface area contributed by atoms with E-state index in [9.17, 15) is 9.59 Å². The number of carboxylic acid groups (broad SMARTS) is 1. The minimum absolute atomic E-state index is 0.546. The van der Waals surface area contributed by atoms with Gasteiger partial charge in [0.05, 0.1) is 11.8 Å². The van der Waals surface area contributed by atoms with Gasteiger partial charge >= 0.3 is 5.97 Å². The maximum atomic E-state index is 10.6. The summed E-state index contributed by atoms with van der Waals surface area (Å²) in [5, 5.41) is 8.60. The summed E-state index contributed by atoms with van der Waals surface area (Å²) in [4.78, 5) is 21.0. The third-order valence-corrected chi connectivity index (χ3v) is 2.17. The average molecular weight is 156 g/mol. The van der Waals surface area contributed by atoms with Crippen molar-refractivity contribution < 1.29 is 14.7 Å². The molecule has 2 atom stereocenters. The molecule has 0 aromatic rings. The van der Waals surface area contributed by atoms with Gasteiger partial charge in [-0.25, -0.2) is 0 Å². The van der Waals surface area contributed by atoms with Crippen molar-refractivity contribution >= 4 is 11.9 Å². The van der Waals surface area contributed by atoms with E-state index < -0.39 is 23.7 Å². The Morgan fingerprint density at radius 2 is 1.82 bits per heavy atom. The summed E-state index contributed by atoms with van der Waals surface area (Å²) in [6.07, 6.45) is 1.87. The molecule has 0 bridgehead atoms. The lowest BCUT2D eigenvalue weighted by atomic mass is 9.96. The molecule has 0 saturated heterocycles. The molecule has 1 rings (SSSR count). The SMILES string of the molecule is [NH]C(=O)C1CCCC1C(=O)O. The first-order valence-electron chi connectivity index (χ1n) is 3.61. The molecular formula is C7H10NO3. The van der Waals surface area contributed by atoms with E-state index in [2.05, 4.69) is 0 Å². The molecule has 61 valence electrons. The largest absolute Gasteiger partial charge is 0.481 e. The quantitative estimate of drug-likeness (QED) is 0.624. The Morgan fingerprint density at radius 3 is 2.18 bits per heavy atom. The molecular weight excluding hydrogens is 146 g/mol. The fraction of sp³-hybridized carbons (Fsp3) is 0.714. The Bertz CT molecular complexity index is 170. The van der Waals surface area contributed by atoms with Gasteiger partial charge in [0.15, 0.2) is 0 Å². The van der Waals surface area contributed by atoms with Gasteiger partial charge in [-0.1, -0.05) is 6.42 Å². The smallest absolute Gasteiger partial charge is 0.307 e. The monoisotopic (exact) mass is 156 g/mol. The fourth-order valence-electron chi connectivity index (χ4n) is 1.57. The van der Waals surface area contributed by atoms with Crippen LogP contribution >= 0.6 is 0 Å². The lowest BCUT2D eigenvalue weighted by molar-refractivity contribution is -0.145. The van der Waals surface area contributed by atoms with E-state index in [0.29, 0.717) is 12.8 Å². The molecule has 2 N–H and O–H groups in total. The molecule has 1 radical (unpaired) electrons. The van der Waals surface area contributed by atoms with Crippen LogP contribution in [0.25, 0.3) is 0 Å². The summed E-state index contributed by atoms with van der Waals surface area (Å²) in [5.41, 5.74) is 6.80. The second-order valence-corrected chi connectivity index (χ2v) is 2.85. The van der Waals surface area contributed by atoms with Crippen molar-refractivity contribution in [3.05, 3.63) is 0 Å². The third kappa shape index (κ3) is 1.50. The Hall–Kier alpha value is -1.06. The van der Waals surface area contributed by atoms with Crippen LogP contribution < -0.4 is 5.73 Å². The number of amides is 1. The Kier molecular flexibility index (Phi) is 2.12. The maximum Gasteiger partial charge on any atom is 0.307 e. The molecule has 4 nitrogen and oxygen atoms in total. The highest BCUT2D eigenvalue weighted by molar-refractivity contribution is 5.83. The van der Waals surface area contributed by atoms with Gasteiger partial charge in [-0.3, -0.25) is 15.3 Å². The van der Waals surface area contributed by atoms with E-state index in [-0.39, 0.29) is 0 Å². The van der Waals surface area contributed by atoms with Gasteiger partial charge in [0.25, 0.3) is 0 Å². The minimum Gasteiger partial charge on any atom is -0.481 e. The van der Waals surface area contributed by atoms with E-state index >= 15 is 0 Å². The molecule has 0 heterocycles. The fourth-order valence-corrected chi connectivity index (χ4v) is 1.57. The van der Waals surface area contributed by atoms with Crippen molar-refractivity contribution in [2.24, 2.45) is 11.8 Å². The van der Waals surface area contributed by atoms with Crippen LogP contribution in [0.2, 0.25) is 0 Å². The predicted molar refractivity (Wildman–Crippen MR) is 36.6 cm³/mol. The third-order valence-electron chi connectivity index (χ3n) is 2.17. The van der Waals surface area contributed by atoms with Gasteiger partial charge in [0, 0.05) is 0 Å². The first-order valence-corrected chi connectivity index (χ1v) is 3.61. The van der Waals surface area contributed by atoms with Crippen molar-refractivity contribution in [3.8, 4) is 0 Å². The lowest BCUT2D eigenvalue weighted by Crippen LogP contribution is -2.25. The number of hydrogen-bond donors (Lipinski definition) is 1. The highest BCUT2D eigenvalue weighted by Crippen LogP contribution is 2.31. The molecule has 2 unspecified atom stereocenters. The van der Waals surface area contributed by atoms with E-state index in [0.717, 1.165) is 6.42 Å². The highest BCUT2D eigenvalue weighted by Gasteiger charge is 2.36. The average Bonchev–Trinajstić information content (AvgIpc) is 2.32. The van der Waals surface area contributed by atoms with Crippen molar-refractivity contribution in [2.75, 3.05) is 0 Å². The number of hydrogen-bond acceptors (Lipinski definition) is 2. The van der Waals surface area contributed by atoms with Crippen LogP contribution in [0.15, 0.2) is 0 Å². The molecule has 0 aromatic carbocycles. The Balaban J connectivity index is 2.65.